The van der Waals surface area contributed by atoms with Gasteiger partial charge in [-0.15, -0.1) is 0 Å². The van der Waals surface area contributed by atoms with Crippen molar-refractivity contribution in [2.45, 2.75) is 45.5 Å². The number of rotatable bonds is 5. The maximum Gasteiger partial charge on any atom is 0.253 e. The second kappa shape index (κ2) is 6.20. The Kier molecular flexibility index (Phi) is 4.57. The molecule has 2 atom stereocenters. The van der Waals surface area contributed by atoms with Crippen molar-refractivity contribution in [2.24, 2.45) is 0 Å². The van der Waals surface area contributed by atoms with Crippen molar-refractivity contribution in [3.05, 3.63) is 46.8 Å². The lowest BCUT2D eigenvalue weighted by molar-refractivity contribution is 0.0568. The number of aliphatic hydroxyl groups is 1. The molecule has 0 amide bonds. The number of para-hydroxylation sites is 1. The first kappa shape index (κ1) is 14.8. The molecule has 0 bridgehead atoms. The third-order valence-corrected chi connectivity index (χ3v) is 3.45. The molecule has 0 aliphatic rings. The van der Waals surface area contributed by atoms with Crippen molar-refractivity contribution < 1.29 is 5.11 Å². The minimum absolute atomic E-state index is 0.154. The van der Waals surface area contributed by atoms with Gasteiger partial charge in [0.2, 0.25) is 0 Å². The van der Waals surface area contributed by atoms with Gasteiger partial charge in [0, 0.05) is 12.1 Å². The molecule has 20 heavy (non-hydrogen) atoms. The van der Waals surface area contributed by atoms with Gasteiger partial charge >= 0.3 is 0 Å². The molecule has 0 saturated carbocycles. The Morgan fingerprint density at radius 3 is 2.55 bits per heavy atom. The quantitative estimate of drug-likeness (QED) is 0.879. The molecule has 108 valence electrons. The van der Waals surface area contributed by atoms with Gasteiger partial charge in [-0.3, -0.25) is 9.36 Å². The van der Waals surface area contributed by atoms with Crippen molar-refractivity contribution in [2.75, 3.05) is 0 Å². The van der Waals surface area contributed by atoms with Crippen LogP contribution in [0.5, 0.6) is 0 Å². The third-order valence-electron chi connectivity index (χ3n) is 3.45. The molecule has 0 aliphatic carbocycles. The van der Waals surface area contributed by atoms with Crippen LogP contribution < -0.4 is 10.9 Å². The lowest BCUT2D eigenvalue weighted by Crippen LogP contribution is -2.43. The maximum absolute atomic E-state index is 12.2. The van der Waals surface area contributed by atoms with E-state index < -0.39 is 6.23 Å². The van der Waals surface area contributed by atoms with Crippen molar-refractivity contribution in [3.8, 4) is 0 Å². The molecular formula is C16H22N2O2. The number of nitrogens with one attached hydrogen (secondary N) is 1. The van der Waals surface area contributed by atoms with Gasteiger partial charge in [0.15, 0.2) is 0 Å². The number of aromatic nitrogens is 1. The van der Waals surface area contributed by atoms with Gasteiger partial charge < -0.3 is 10.4 Å². The summed E-state index contributed by atoms with van der Waals surface area (Å²) in [4.78, 5) is 12.2. The summed E-state index contributed by atoms with van der Waals surface area (Å²) in [6, 6.07) is 11.0. The van der Waals surface area contributed by atoms with Gasteiger partial charge in [-0.1, -0.05) is 39.0 Å². The lowest BCUT2D eigenvalue weighted by atomic mass is 10.1. The van der Waals surface area contributed by atoms with E-state index in [1.54, 1.807) is 6.07 Å². The Morgan fingerprint density at radius 2 is 1.90 bits per heavy atom. The standard InChI is InChI=1S/C16H22N2O2/c1-4-13(17-11(2)3)16(20)18-14-8-6-5-7-12(14)9-10-15(18)19/h5-11,13,16-17,20H,4H2,1-3H3. The molecule has 0 fully saturated rings. The van der Waals surface area contributed by atoms with Gasteiger partial charge in [-0.25, -0.2) is 0 Å². The van der Waals surface area contributed by atoms with Gasteiger partial charge in [0.25, 0.3) is 5.56 Å². The van der Waals surface area contributed by atoms with E-state index in [0.29, 0.717) is 0 Å². The fourth-order valence-corrected chi connectivity index (χ4v) is 2.50. The largest absolute Gasteiger partial charge is 0.371 e. The fourth-order valence-electron chi connectivity index (χ4n) is 2.50. The van der Waals surface area contributed by atoms with Crippen molar-refractivity contribution in [3.63, 3.8) is 0 Å². The zero-order valence-corrected chi connectivity index (χ0v) is 12.2. The predicted octanol–water partition coefficient (Wildman–Crippen LogP) is 2.27. The first-order valence-corrected chi connectivity index (χ1v) is 7.09. The number of fused-ring (bicyclic) bond motifs is 1. The van der Waals surface area contributed by atoms with Crippen LogP contribution in [0.1, 0.15) is 33.4 Å². The molecule has 0 radical (unpaired) electrons. The summed E-state index contributed by atoms with van der Waals surface area (Å²) in [5, 5.41) is 14.9. The summed E-state index contributed by atoms with van der Waals surface area (Å²) in [6.07, 6.45) is -0.129. The number of nitrogens with zero attached hydrogens (tertiary/aromatic N) is 1. The Bertz CT molecular complexity index is 634. The molecule has 2 N–H and O–H groups in total. The molecule has 4 nitrogen and oxygen atoms in total. The van der Waals surface area contributed by atoms with Crippen LogP contribution in [0.25, 0.3) is 10.9 Å². The van der Waals surface area contributed by atoms with E-state index in [9.17, 15) is 9.90 Å². The lowest BCUT2D eigenvalue weighted by Gasteiger charge is -2.27. The third kappa shape index (κ3) is 2.92. The van der Waals surface area contributed by atoms with E-state index in [-0.39, 0.29) is 17.6 Å². The van der Waals surface area contributed by atoms with Gasteiger partial charge in [-0.05, 0) is 23.9 Å². The number of benzene rings is 1. The van der Waals surface area contributed by atoms with Crippen molar-refractivity contribution in [1.82, 2.24) is 9.88 Å². The zero-order valence-electron chi connectivity index (χ0n) is 12.2. The summed E-state index contributed by atoms with van der Waals surface area (Å²) in [5.74, 6) is 0. The van der Waals surface area contributed by atoms with Crippen LogP contribution in [0.4, 0.5) is 0 Å². The minimum atomic E-state index is -0.874. The highest BCUT2D eigenvalue weighted by Crippen LogP contribution is 2.18. The molecule has 4 heteroatoms. The predicted molar refractivity (Wildman–Crippen MR) is 81.8 cm³/mol. The summed E-state index contributed by atoms with van der Waals surface area (Å²) in [7, 11) is 0. The summed E-state index contributed by atoms with van der Waals surface area (Å²) >= 11 is 0. The van der Waals surface area contributed by atoms with Crippen molar-refractivity contribution in [1.29, 1.82) is 0 Å². The molecule has 2 aromatic rings. The number of pyridine rings is 1. The van der Waals surface area contributed by atoms with E-state index in [1.165, 1.54) is 10.6 Å². The Hall–Kier alpha value is -1.65. The van der Waals surface area contributed by atoms with Crippen LogP contribution in [-0.2, 0) is 0 Å². The number of aliphatic hydroxyl groups excluding tert-OH is 1. The van der Waals surface area contributed by atoms with Gasteiger partial charge in [0.1, 0.15) is 6.23 Å². The Labute approximate surface area is 119 Å². The number of hydrogen-bond donors (Lipinski definition) is 2. The highest BCUT2D eigenvalue weighted by atomic mass is 16.3. The molecule has 2 rings (SSSR count). The Morgan fingerprint density at radius 1 is 1.20 bits per heavy atom. The van der Waals surface area contributed by atoms with Gasteiger partial charge in [0.05, 0.1) is 11.6 Å². The van der Waals surface area contributed by atoms with E-state index in [1.807, 2.05) is 45.0 Å². The average Bonchev–Trinajstić information content (AvgIpc) is 2.43. The first-order chi connectivity index (χ1) is 9.54. The Balaban J connectivity index is 2.50. The number of hydrogen-bond acceptors (Lipinski definition) is 3. The van der Waals surface area contributed by atoms with E-state index in [2.05, 4.69) is 5.32 Å². The topological polar surface area (TPSA) is 54.3 Å². The van der Waals surface area contributed by atoms with E-state index in [0.717, 1.165) is 17.3 Å². The first-order valence-electron chi connectivity index (χ1n) is 7.09. The van der Waals surface area contributed by atoms with Gasteiger partial charge in [-0.2, -0.15) is 0 Å². The summed E-state index contributed by atoms with van der Waals surface area (Å²) in [5.41, 5.74) is 0.580. The summed E-state index contributed by atoms with van der Waals surface area (Å²) in [6.45, 7) is 6.06. The highest BCUT2D eigenvalue weighted by molar-refractivity contribution is 5.78. The molecule has 1 heterocycles. The SMILES string of the molecule is CCC(NC(C)C)C(O)n1c(=O)ccc2ccccc21. The van der Waals surface area contributed by atoms with Crippen LogP contribution in [-0.4, -0.2) is 21.8 Å². The summed E-state index contributed by atoms with van der Waals surface area (Å²) < 4.78 is 1.47. The molecule has 0 aliphatic heterocycles. The second-order valence-corrected chi connectivity index (χ2v) is 5.35. The van der Waals surface area contributed by atoms with Crippen LogP contribution >= 0.6 is 0 Å². The molecule has 0 saturated heterocycles. The molecule has 1 aromatic carbocycles. The van der Waals surface area contributed by atoms with E-state index in [4.69, 9.17) is 0 Å². The minimum Gasteiger partial charge on any atom is -0.371 e. The van der Waals surface area contributed by atoms with Crippen LogP contribution in [0, 0.1) is 0 Å². The highest BCUT2D eigenvalue weighted by Gasteiger charge is 2.21. The van der Waals surface area contributed by atoms with E-state index >= 15 is 0 Å². The molecule has 0 spiro atoms. The smallest absolute Gasteiger partial charge is 0.253 e. The van der Waals surface area contributed by atoms with Crippen LogP contribution in [0.15, 0.2) is 41.2 Å². The average molecular weight is 274 g/mol. The normalized spacial score (nSPS) is 14.7. The molecule has 2 unspecified atom stereocenters. The van der Waals surface area contributed by atoms with Crippen LogP contribution in [0.2, 0.25) is 0 Å². The fraction of sp³-hybridized carbons (Fsp3) is 0.438. The molecule has 1 aromatic heterocycles. The zero-order chi connectivity index (χ0) is 14.7. The molecular weight excluding hydrogens is 252 g/mol. The van der Waals surface area contributed by atoms with Crippen molar-refractivity contribution >= 4 is 10.9 Å². The second-order valence-electron chi connectivity index (χ2n) is 5.35. The monoisotopic (exact) mass is 274 g/mol. The van der Waals surface area contributed by atoms with Crippen LogP contribution in [0.3, 0.4) is 0 Å². The maximum atomic E-state index is 12.2.